The zero-order valence-electron chi connectivity index (χ0n) is 13.4. The summed E-state index contributed by atoms with van der Waals surface area (Å²) in [4.78, 5) is 24.7. The highest BCUT2D eigenvalue weighted by Crippen LogP contribution is 2.22. The van der Waals surface area contributed by atoms with Gasteiger partial charge in [-0.15, -0.1) is 0 Å². The number of hydrogen-bond donors (Lipinski definition) is 2. The maximum atomic E-state index is 12.0. The molecule has 1 aromatic carbocycles. The van der Waals surface area contributed by atoms with E-state index in [-0.39, 0.29) is 25.2 Å². The van der Waals surface area contributed by atoms with Crippen LogP contribution < -0.4 is 5.32 Å². The van der Waals surface area contributed by atoms with Crippen molar-refractivity contribution in [1.29, 1.82) is 0 Å². The molecule has 0 saturated heterocycles. The summed E-state index contributed by atoms with van der Waals surface area (Å²) in [5, 5.41) is 11.8. The number of carboxylic acid groups (broad SMARTS) is 1. The molecule has 0 heterocycles. The van der Waals surface area contributed by atoms with Gasteiger partial charge in [-0.3, -0.25) is 9.69 Å². The van der Waals surface area contributed by atoms with Gasteiger partial charge in [0.25, 0.3) is 0 Å². The zero-order valence-corrected chi connectivity index (χ0v) is 13.4. The minimum atomic E-state index is -0.858. The number of alkyl carbamates (subject to hydrolysis) is 1. The van der Waals surface area contributed by atoms with Crippen molar-refractivity contribution in [2.75, 3.05) is 13.6 Å². The van der Waals surface area contributed by atoms with E-state index in [9.17, 15) is 9.59 Å². The lowest BCUT2D eigenvalue weighted by Gasteiger charge is -2.37. The van der Waals surface area contributed by atoms with Crippen molar-refractivity contribution in [2.45, 2.75) is 44.4 Å². The number of benzene rings is 1. The number of carbonyl (C=O) groups is 2. The van der Waals surface area contributed by atoms with E-state index in [2.05, 4.69) is 5.32 Å². The minimum Gasteiger partial charge on any atom is -0.480 e. The molecule has 1 fully saturated rings. The van der Waals surface area contributed by atoms with Crippen molar-refractivity contribution in [1.82, 2.24) is 10.2 Å². The number of aliphatic carboxylic acids is 1. The molecule has 2 rings (SSSR count). The number of likely N-dealkylation sites (N-methyl/N-ethyl adjacent to an activating group) is 1. The lowest BCUT2D eigenvalue weighted by molar-refractivity contribution is -0.138. The van der Waals surface area contributed by atoms with Crippen LogP contribution in [-0.4, -0.2) is 47.7 Å². The molecule has 23 heavy (non-hydrogen) atoms. The normalized spacial score (nSPS) is 21.0. The van der Waals surface area contributed by atoms with E-state index in [4.69, 9.17) is 9.84 Å². The van der Waals surface area contributed by atoms with Crippen LogP contribution in [0.3, 0.4) is 0 Å². The van der Waals surface area contributed by atoms with E-state index in [0.29, 0.717) is 0 Å². The van der Waals surface area contributed by atoms with E-state index in [1.165, 1.54) is 0 Å². The number of carbonyl (C=O) groups excluding carboxylic acids is 1. The Labute approximate surface area is 136 Å². The van der Waals surface area contributed by atoms with Crippen LogP contribution in [0.5, 0.6) is 0 Å². The van der Waals surface area contributed by atoms with Crippen molar-refractivity contribution in [3.05, 3.63) is 35.9 Å². The highest BCUT2D eigenvalue weighted by atomic mass is 16.5. The lowest BCUT2D eigenvalue weighted by atomic mass is 9.89. The van der Waals surface area contributed by atoms with Crippen molar-refractivity contribution in [3.63, 3.8) is 0 Å². The summed E-state index contributed by atoms with van der Waals surface area (Å²) >= 11 is 0. The van der Waals surface area contributed by atoms with Gasteiger partial charge in [0, 0.05) is 12.1 Å². The monoisotopic (exact) mass is 320 g/mol. The Hall–Kier alpha value is -2.08. The van der Waals surface area contributed by atoms with Gasteiger partial charge < -0.3 is 15.2 Å². The highest BCUT2D eigenvalue weighted by Gasteiger charge is 2.30. The van der Waals surface area contributed by atoms with Gasteiger partial charge in [-0.1, -0.05) is 43.2 Å². The number of amides is 1. The molecule has 1 aliphatic carbocycles. The number of hydrogen-bond acceptors (Lipinski definition) is 4. The molecular formula is C17H24N2O4. The largest absolute Gasteiger partial charge is 0.480 e. The summed E-state index contributed by atoms with van der Waals surface area (Å²) in [6, 6.07) is 9.47. The van der Waals surface area contributed by atoms with E-state index in [1.54, 1.807) is 11.9 Å². The standard InChI is InChI=1S/C17H24N2O4/c1-19(11-16(20)21)15-10-6-5-9-14(15)18-17(22)23-12-13-7-3-2-4-8-13/h2-4,7-8,14-15H,5-6,9-12H2,1H3,(H,18,22)(H,20,21)/t14-,15-/m1/s1. The van der Waals surface area contributed by atoms with E-state index in [0.717, 1.165) is 31.2 Å². The third-order valence-corrected chi connectivity index (χ3v) is 4.20. The Balaban J connectivity index is 1.85. The van der Waals surface area contributed by atoms with Crippen LogP contribution in [0.25, 0.3) is 0 Å². The first-order valence-corrected chi connectivity index (χ1v) is 7.95. The third kappa shape index (κ3) is 5.56. The fraction of sp³-hybridized carbons (Fsp3) is 0.529. The first kappa shape index (κ1) is 17.3. The predicted molar refractivity (Wildman–Crippen MR) is 86.1 cm³/mol. The SMILES string of the molecule is CN(CC(=O)O)[C@@H]1CCCC[C@H]1NC(=O)OCc1ccccc1. The predicted octanol–water partition coefficient (Wildman–Crippen LogP) is 2.24. The minimum absolute atomic E-state index is 0.0259. The molecule has 0 aromatic heterocycles. The van der Waals surface area contributed by atoms with Gasteiger partial charge >= 0.3 is 12.1 Å². The lowest BCUT2D eigenvalue weighted by Crippen LogP contribution is -2.53. The van der Waals surface area contributed by atoms with Crippen LogP contribution in [0.15, 0.2) is 30.3 Å². The first-order valence-electron chi connectivity index (χ1n) is 7.95. The summed E-state index contributed by atoms with van der Waals surface area (Å²) in [7, 11) is 1.79. The van der Waals surface area contributed by atoms with Gasteiger partial charge in [-0.25, -0.2) is 4.79 Å². The maximum Gasteiger partial charge on any atom is 0.407 e. The summed E-state index contributed by atoms with van der Waals surface area (Å²) in [5.74, 6) is -0.858. The van der Waals surface area contributed by atoms with Crippen LogP contribution in [-0.2, 0) is 16.1 Å². The van der Waals surface area contributed by atoms with Gasteiger partial charge in [0.1, 0.15) is 6.61 Å². The molecule has 2 atom stereocenters. The van der Waals surface area contributed by atoms with Crippen LogP contribution in [0.4, 0.5) is 4.79 Å². The Morgan fingerprint density at radius 2 is 1.96 bits per heavy atom. The molecule has 0 unspecified atom stereocenters. The second-order valence-electron chi connectivity index (χ2n) is 5.97. The molecule has 0 radical (unpaired) electrons. The average Bonchev–Trinajstić information content (AvgIpc) is 2.54. The van der Waals surface area contributed by atoms with Crippen LogP contribution in [0, 0.1) is 0 Å². The topological polar surface area (TPSA) is 78.9 Å². The van der Waals surface area contributed by atoms with Crippen molar-refractivity contribution in [2.24, 2.45) is 0 Å². The summed E-state index contributed by atoms with van der Waals surface area (Å²) < 4.78 is 5.26. The van der Waals surface area contributed by atoms with E-state index >= 15 is 0 Å². The van der Waals surface area contributed by atoms with Crippen LogP contribution in [0.1, 0.15) is 31.2 Å². The molecule has 1 aromatic rings. The molecule has 1 aliphatic rings. The van der Waals surface area contributed by atoms with Gasteiger partial charge in [0.05, 0.1) is 6.54 Å². The molecule has 1 saturated carbocycles. The highest BCUT2D eigenvalue weighted by molar-refractivity contribution is 5.69. The molecule has 126 valence electrons. The second kappa shape index (κ2) is 8.53. The van der Waals surface area contributed by atoms with Crippen LogP contribution in [0.2, 0.25) is 0 Å². The number of nitrogens with zero attached hydrogens (tertiary/aromatic N) is 1. The van der Waals surface area contributed by atoms with Crippen molar-refractivity contribution in [3.8, 4) is 0 Å². The number of ether oxygens (including phenoxy) is 1. The summed E-state index contributed by atoms with van der Waals surface area (Å²) in [6.07, 6.45) is 3.35. The quantitative estimate of drug-likeness (QED) is 0.840. The van der Waals surface area contributed by atoms with Gasteiger partial charge in [0.15, 0.2) is 0 Å². The molecule has 0 spiro atoms. The average molecular weight is 320 g/mol. The second-order valence-corrected chi connectivity index (χ2v) is 5.97. The van der Waals surface area contributed by atoms with Gasteiger partial charge in [0.2, 0.25) is 0 Å². The Kier molecular flexibility index (Phi) is 6.40. The Bertz CT molecular complexity index is 521. The molecule has 2 N–H and O–H groups in total. The fourth-order valence-corrected chi connectivity index (χ4v) is 3.05. The molecule has 1 amide bonds. The molecule has 0 aliphatic heterocycles. The summed E-state index contributed by atoms with van der Waals surface area (Å²) in [6.45, 7) is 0.205. The van der Waals surface area contributed by atoms with Crippen LogP contribution >= 0.6 is 0 Å². The van der Waals surface area contributed by atoms with Gasteiger partial charge in [-0.2, -0.15) is 0 Å². The van der Waals surface area contributed by atoms with Gasteiger partial charge in [-0.05, 0) is 25.5 Å². The molecule has 6 nitrogen and oxygen atoms in total. The van der Waals surface area contributed by atoms with Crippen molar-refractivity contribution < 1.29 is 19.4 Å². The van der Waals surface area contributed by atoms with Crippen molar-refractivity contribution >= 4 is 12.1 Å². The molecule has 6 heteroatoms. The maximum absolute atomic E-state index is 12.0. The third-order valence-electron chi connectivity index (χ3n) is 4.20. The fourth-order valence-electron chi connectivity index (χ4n) is 3.05. The first-order chi connectivity index (χ1) is 11.1. The number of nitrogens with one attached hydrogen (secondary N) is 1. The smallest absolute Gasteiger partial charge is 0.407 e. The number of carboxylic acids is 1. The zero-order chi connectivity index (χ0) is 16.7. The molecular weight excluding hydrogens is 296 g/mol. The summed E-state index contributed by atoms with van der Waals surface area (Å²) in [5.41, 5.74) is 0.936. The molecule has 0 bridgehead atoms. The van der Waals surface area contributed by atoms with E-state index in [1.807, 2.05) is 30.3 Å². The van der Waals surface area contributed by atoms with E-state index < -0.39 is 12.1 Å². The Morgan fingerprint density at radius 3 is 2.65 bits per heavy atom. The Morgan fingerprint density at radius 1 is 1.26 bits per heavy atom. The number of rotatable bonds is 6.